The number of alkyl halides is 2. The highest BCUT2D eigenvalue weighted by molar-refractivity contribution is 7.66. The second-order valence-corrected chi connectivity index (χ2v) is 13.3. The molecule has 2 aromatic heterocycles. The number of nitrogen functional groups attached to an aromatic ring is 1. The molecule has 3 heterocycles. The summed E-state index contributed by atoms with van der Waals surface area (Å²) in [6.45, 7) is 0.376. The van der Waals surface area contributed by atoms with Crippen molar-refractivity contribution in [1.29, 1.82) is 0 Å². The molecular weight excluding hydrogens is 599 g/mol. The highest BCUT2D eigenvalue weighted by Gasteiger charge is 2.62. The number of H-pyrrole nitrogens is 1. The van der Waals surface area contributed by atoms with Crippen molar-refractivity contribution in [3.8, 4) is 0 Å². The molecule has 0 radical (unpaired) electrons. The smallest absolute Gasteiger partial charge is 0.388 e. The van der Waals surface area contributed by atoms with Crippen molar-refractivity contribution >= 4 is 52.1 Å². The number of nitrogens with two attached hydrogens (primary N) is 1. The summed E-state index contributed by atoms with van der Waals surface area (Å²) >= 11 is 6.30. The molecule has 0 aromatic carbocycles. The van der Waals surface area contributed by atoms with Crippen molar-refractivity contribution in [2.24, 2.45) is 0 Å². The van der Waals surface area contributed by atoms with Gasteiger partial charge in [-0.1, -0.05) is 0 Å². The van der Waals surface area contributed by atoms with Gasteiger partial charge in [0.15, 0.2) is 17.7 Å². The average molecular weight is 619 g/mol. The van der Waals surface area contributed by atoms with Crippen molar-refractivity contribution in [2.75, 3.05) is 12.4 Å². The summed E-state index contributed by atoms with van der Waals surface area (Å²) in [7, 11) is -17.3. The lowest BCUT2D eigenvalue weighted by Gasteiger charge is -2.34. The molecule has 0 saturated carbocycles. The van der Waals surface area contributed by atoms with Crippen molar-refractivity contribution in [1.82, 2.24) is 14.5 Å². The van der Waals surface area contributed by atoms with E-state index in [4.69, 9.17) is 36.4 Å². The molecule has 210 valence electrons. The normalized spacial score (nSPS) is 28.3. The number of aliphatic hydroxyl groups is 1. The first-order valence-electron chi connectivity index (χ1n) is 9.61. The molecule has 1 aliphatic heterocycles. The fourth-order valence-electron chi connectivity index (χ4n) is 3.66. The molecule has 0 spiro atoms. The third-order valence-corrected chi connectivity index (χ3v) is 9.57. The van der Waals surface area contributed by atoms with Crippen molar-refractivity contribution in [3.63, 3.8) is 0 Å². The lowest BCUT2D eigenvalue weighted by atomic mass is 9.91. The van der Waals surface area contributed by atoms with E-state index in [1.165, 1.54) is 0 Å². The Kier molecular flexibility index (Phi) is 7.94. The van der Waals surface area contributed by atoms with Crippen LogP contribution in [-0.2, 0) is 31.6 Å². The molecule has 0 amide bonds. The number of fused-ring (bicyclic) bond motifs is 1. The Labute approximate surface area is 209 Å². The molecule has 6 atom stereocenters. The largest absolute Gasteiger partial charge is 0.490 e. The number of phosphoric ester groups is 1. The van der Waals surface area contributed by atoms with E-state index in [2.05, 4.69) is 18.6 Å². The Hall–Kier alpha value is -1.30. The van der Waals surface area contributed by atoms with Gasteiger partial charge >= 0.3 is 23.5 Å². The minimum Gasteiger partial charge on any atom is -0.388 e. The average Bonchev–Trinajstić information content (AvgIpc) is 3.12. The van der Waals surface area contributed by atoms with Crippen LogP contribution in [0.5, 0.6) is 0 Å². The van der Waals surface area contributed by atoms with Gasteiger partial charge in [0.25, 0.3) is 5.56 Å². The summed E-state index contributed by atoms with van der Waals surface area (Å²) in [5, 5.41) is 10.2. The molecule has 23 heteroatoms. The van der Waals surface area contributed by atoms with Gasteiger partial charge in [-0.2, -0.15) is 13.6 Å². The summed E-state index contributed by atoms with van der Waals surface area (Å²) in [6, 6.07) is 0. The van der Waals surface area contributed by atoms with E-state index in [-0.39, 0.29) is 0 Å². The van der Waals surface area contributed by atoms with Crippen LogP contribution in [0, 0.1) is 5.82 Å². The lowest BCUT2D eigenvalue weighted by molar-refractivity contribution is -0.117. The number of nitrogens with one attached hydrogen (secondary N) is 1. The van der Waals surface area contributed by atoms with Crippen molar-refractivity contribution in [3.05, 3.63) is 22.4 Å². The fourth-order valence-corrected chi connectivity index (χ4v) is 7.27. The van der Waals surface area contributed by atoms with E-state index in [0.717, 1.165) is 18.4 Å². The molecule has 8 N–H and O–H groups in total. The molecule has 3 rings (SSSR count). The molecule has 1 fully saturated rings. The van der Waals surface area contributed by atoms with Gasteiger partial charge in [0.2, 0.25) is 5.95 Å². The second-order valence-electron chi connectivity index (χ2n) is 8.23. The van der Waals surface area contributed by atoms with Gasteiger partial charge in [0.1, 0.15) is 34.7 Å². The van der Waals surface area contributed by atoms with Crippen LogP contribution in [0.25, 0.3) is 11.0 Å². The van der Waals surface area contributed by atoms with Gasteiger partial charge < -0.3 is 39.7 Å². The van der Waals surface area contributed by atoms with E-state index >= 15 is 0 Å². The third-order valence-electron chi connectivity index (χ3n) is 5.03. The van der Waals surface area contributed by atoms with E-state index in [1.54, 1.807) is 0 Å². The van der Waals surface area contributed by atoms with E-state index in [1.807, 2.05) is 0 Å². The zero-order chi connectivity index (χ0) is 28.4. The Bertz CT molecular complexity index is 1410. The fraction of sp³-hybridized carbons (Fsp3) is 0.571. The number of anilines is 1. The minimum absolute atomic E-state index is 0.458. The molecule has 0 aliphatic carbocycles. The number of aromatic nitrogens is 3. The van der Waals surface area contributed by atoms with E-state index in [0.29, 0.717) is 6.20 Å². The maximum absolute atomic E-state index is 14.5. The van der Waals surface area contributed by atoms with Gasteiger partial charge in [-0.3, -0.25) is 14.3 Å². The summed E-state index contributed by atoms with van der Waals surface area (Å²) in [4.78, 5) is 52.0. The quantitative estimate of drug-likeness (QED) is 0.151. The van der Waals surface area contributed by atoms with Crippen molar-refractivity contribution in [2.45, 2.75) is 42.8 Å². The SMILES string of the molecule is CC(C)(OP(=O)(O)OP(=O)(O)OP(=O)(O)O)[C@H]1O[C@@H](n2cc(F)c3c(=O)[nH]c(N)nc32)C(Cl)(CF)[C@H]1O. The van der Waals surface area contributed by atoms with Crippen LogP contribution in [0.1, 0.15) is 20.1 Å². The first-order valence-corrected chi connectivity index (χ1v) is 14.5. The standard InChI is InChI=1S/C14H20ClF2N4O13P3/c1-13(2,32-36(27,28)34-37(29,30)33-35(24,25)26)8-7(22)14(15,4-16)11(31-8)21-3-5(17)6-9(21)19-12(18)20-10(6)23/h3,7-8,11,22H,4H2,1-2H3,(H,27,28)(H,29,30)(H2,24,25,26)(H3,18,19,20,23)/t7-,8-,11+,14?/m0/s1. The Morgan fingerprint density at radius 3 is 2.41 bits per heavy atom. The van der Waals surface area contributed by atoms with Crippen LogP contribution in [-0.4, -0.2) is 68.6 Å². The zero-order valence-electron chi connectivity index (χ0n) is 18.5. The number of rotatable bonds is 9. The van der Waals surface area contributed by atoms with Gasteiger partial charge in [0.05, 0.1) is 0 Å². The number of aromatic amines is 1. The monoisotopic (exact) mass is 618 g/mol. The third kappa shape index (κ3) is 6.15. The zero-order valence-corrected chi connectivity index (χ0v) is 21.9. The summed E-state index contributed by atoms with van der Waals surface area (Å²) in [5.41, 5.74) is 1.78. The summed E-state index contributed by atoms with van der Waals surface area (Å²) < 4.78 is 81.8. The van der Waals surface area contributed by atoms with Crippen LogP contribution in [0.3, 0.4) is 0 Å². The van der Waals surface area contributed by atoms with Crippen LogP contribution >= 0.6 is 35.1 Å². The number of phosphoric acid groups is 3. The molecule has 1 saturated heterocycles. The van der Waals surface area contributed by atoms with Crippen LogP contribution in [0.4, 0.5) is 14.7 Å². The first kappa shape index (κ1) is 30.2. The molecule has 3 unspecified atom stereocenters. The molecule has 1 aliphatic rings. The maximum Gasteiger partial charge on any atom is 0.490 e. The number of ether oxygens (including phenoxy) is 1. The number of aliphatic hydroxyl groups excluding tert-OH is 1. The first-order chi connectivity index (χ1) is 16.6. The topological polar surface area (TPSA) is 266 Å². The number of halogens is 3. The van der Waals surface area contributed by atoms with Gasteiger partial charge in [0, 0.05) is 6.20 Å². The number of nitrogens with zero attached hydrogens (tertiary/aromatic N) is 2. The second kappa shape index (κ2) is 9.71. The van der Waals surface area contributed by atoms with Gasteiger partial charge in [-0.15, -0.1) is 11.6 Å². The summed E-state index contributed by atoms with van der Waals surface area (Å²) in [5.74, 6) is -1.60. The van der Waals surface area contributed by atoms with E-state index < -0.39 is 87.4 Å². The van der Waals surface area contributed by atoms with Crippen LogP contribution in [0.15, 0.2) is 11.0 Å². The van der Waals surface area contributed by atoms with Gasteiger partial charge in [-0.05, 0) is 13.8 Å². The molecule has 37 heavy (non-hydrogen) atoms. The van der Waals surface area contributed by atoms with E-state index in [9.17, 15) is 42.2 Å². The van der Waals surface area contributed by atoms with Crippen LogP contribution in [0.2, 0.25) is 0 Å². The van der Waals surface area contributed by atoms with Crippen LogP contribution < -0.4 is 11.3 Å². The molecule has 17 nitrogen and oxygen atoms in total. The molecular formula is C14H20ClF2N4O13P3. The highest BCUT2D eigenvalue weighted by atomic mass is 35.5. The minimum atomic E-state index is -5.88. The highest BCUT2D eigenvalue weighted by Crippen LogP contribution is 2.67. The molecule has 0 bridgehead atoms. The van der Waals surface area contributed by atoms with Gasteiger partial charge in [-0.25, -0.2) is 22.5 Å². The maximum atomic E-state index is 14.5. The molecule has 2 aromatic rings. The Morgan fingerprint density at radius 2 is 1.86 bits per heavy atom. The van der Waals surface area contributed by atoms with Crippen molar-refractivity contribution < 1.29 is 65.0 Å². The lowest BCUT2D eigenvalue weighted by Crippen LogP contribution is -2.50. The summed E-state index contributed by atoms with van der Waals surface area (Å²) in [6.07, 6.45) is -5.15. The predicted molar refractivity (Wildman–Crippen MR) is 118 cm³/mol. The number of hydrogen-bond donors (Lipinski definition) is 7. The Morgan fingerprint density at radius 1 is 1.27 bits per heavy atom. The number of hydrogen-bond acceptors (Lipinski definition) is 11. The predicted octanol–water partition coefficient (Wildman–Crippen LogP) is 0.773. The Balaban J connectivity index is 1.98.